The molecular weight excluding hydrogens is 438 g/mol. The molecule has 2 heterocycles. The van der Waals surface area contributed by atoms with Gasteiger partial charge in [-0.25, -0.2) is 0 Å². The smallest absolute Gasteiger partial charge is 0.290 e. The lowest BCUT2D eigenvalue weighted by atomic mass is 9.95. The number of allylic oxidation sites excluding steroid dienone is 1. The zero-order valence-corrected chi connectivity index (χ0v) is 18.5. The molecule has 4 rings (SSSR count). The van der Waals surface area contributed by atoms with E-state index in [0.717, 1.165) is 5.56 Å². The molecule has 1 unspecified atom stereocenters. The van der Waals surface area contributed by atoms with Gasteiger partial charge in [-0.05, 0) is 17.2 Å². The monoisotopic (exact) mass is 463 g/mol. The topological polar surface area (TPSA) is 113 Å². The molecular formula is C25H25N3O6. The van der Waals surface area contributed by atoms with Crippen molar-refractivity contribution in [2.75, 3.05) is 39.4 Å². The number of carbonyl (C=O) groups is 2. The van der Waals surface area contributed by atoms with E-state index in [1.165, 1.54) is 29.2 Å². The molecule has 1 amide bonds. The van der Waals surface area contributed by atoms with Gasteiger partial charge in [-0.2, -0.15) is 0 Å². The van der Waals surface area contributed by atoms with E-state index in [1.807, 2.05) is 30.3 Å². The summed E-state index contributed by atoms with van der Waals surface area (Å²) in [5.74, 6) is -1.82. The Morgan fingerprint density at radius 3 is 2.56 bits per heavy atom. The number of nitrogens with zero attached hydrogens (tertiary/aromatic N) is 3. The minimum atomic E-state index is -0.929. The minimum absolute atomic E-state index is 0.0837. The molecule has 0 saturated carbocycles. The van der Waals surface area contributed by atoms with Gasteiger partial charge in [0.2, 0.25) is 0 Å². The van der Waals surface area contributed by atoms with Crippen LogP contribution < -0.4 is 0 Å². The van der Waals surface area contributed by atoms with Crippen LogP contribution in [0.1, 0.15) is 17.2 Å². The molecule has 9 nitrogen and oxygen atoms in total. The molecule has 1 fully saturated rings. The normalized spacial score (nSPS) is 19.2. The van der Waals surface area contributed by atoms with E-state index in [0.29, 0.717) is 38.4 Å². The fourth-order valence-electron chi connectivity index (χ4n) is 4.19. The van der Waals surface area contributed by atoms with Crippen molar-refractivity contribution in [1.82, 2.24) is 9.80 Å². The van der Waals surface area contributed by atoms with Gasteiger partial charge in [0, 0.05) is 38.3 Å². The van der Waals surface area contributed by atoms with Gasteiger partial charge in [-0.3, -0.25) is 24.6 Å². The number of carbonyl (C=O) groups excluding carboxylic acids is 2. The van der Waals surface area contributed by atoms with Crippen molar-refractivity contribution in [1.29, 1.82) is 0 Å². The standard InChI is InChI=1S/C25H25N3O6/c29-21(10-9-18-5-2-1-3-6-18)22-23(19-7-4-8-20(17-19)28(32)33)27(25(31)24(22)30)12-11-26-13-15-34-16-14-26/h1-10,17,23,30H,11-16H2/b10-9+. The zero-order valence-electron chi connectivity index (χ0n) is 18.5. The SMILES string of the molecule is O=C(/C=C/c1ccccc1)C1=C(O)C(=O)N(CCN2CCOCC2)C1c1cccc([N+](=O)[O-])c1. The summed E-state index contributed by atoms with van der Waals surface area (Å²) in [5, 5.41) is 22.1. The first-order valence-electron chi connectivity index (χ1n) is 11.0. The highest BCUT2D eigenvalue weighted by Crippen LogP contribution is 2.38. The summed E-state index contributed by atoms with van der Waals surface area (Å²) in [5.41, 5.74) is 0.942. The Bertz CT molecular complexity index is 1140. The maximum absolute atomic E-state index is 13.2. The Kier molecular flexibility index (Phi) is 7.15. The van der Waals surface area contributed by atoms with Crippen molar-refractivity contribution in [3.63, 3.8) is 0 Å². The highest BCUT2D eigenvalue weighted by molar-refractivity contribution is 6.14. The second kappa shape index (κ2) is 10.4. The van der Waals surface area contributed by atoms with Gasteiger partial charge in [0.05, 0.1) is 29.8 Å². The van der Waals surface area contributed by atoms with Crippen LogP contribution in [0.25, 0.3) is 6.08 Å². The van der Waals surface area contributed by atoms with Crippen LogP contribution in [0.5, 0.6) is 0 Å². The lowest BCUT2D eigenvalue weighted by Crippen LogP contribution is -2.43. The van der Waals surface area contributed by atoms with Gasteiger partial charge >= 0.3 is 0 Å². The molecule has 0 radical (unpaired) electrons. The second-order valence-electron chi connectivity index (χ2n) is 8.08. The fourth-order valence-corrected chi connectivity index (χ4v) is 4.19. The maximum Gasteiger partial charge on any atom is 0.290 e. The number of non-ortho nitro benzene ring substituents is 1. The van der Waals surface area contributed by atoms with Gasteiger partial charge in [-0.15, -0.1) is 0 Å². The Balaban J connectivity index is 1.66. The molecule has 0 bridgehead atoms. The number of rotatable bonds is 8. The van der Waals surface area contributed by atoms with Crippen LogP contribution in [0.15, 0.2) is 72.0 Å². The summed E-state index contributed by atoms with van der Waals surface area (Å²) in [4.78, 5) is 40.6. The third kappa shape index (κ3) is 5.05. The first-order chi connectivity index (χ1) is 16.5. The summed E-state index contributed by atoms with van der Waals surface area (Å²) in [6.45, 7) is 3.40. The first kappa shape index (κ1) is 23.3. The van der Waals surface area contributed by atoms with Crippen molar-refractivity contribution in [3.05, 3.63) is 93.2 Å². The average Bonchev–Trinajstić information content (AvgIpc) is 3.12. The van der Waals surface area contributed by atoms with Gasteiger partial charge in [0.25, 0.3) is 11.6 Å². The zero-order chi connectivity index (χ0) is 24.1. The third-order valence-corrected chi connectivity index (χ3v) is 5.95. The van der Waals surface area contributed by atoms with Crippen molar-refractivity contribution < 1.29 is 24.4 Å². The molecule has 0 aliphatic carbocycles. The summed E-state index contributed by atoms with van der Waals surface area (Å²) in [7, 11) is 0. The van der Waals surface area contributed by atoms with Crippen LogP contribution in [0, 0.1) is 10.1 Å². The predicted molar refractivity (Wildman–Crippen MR) is 125 cm³/mol. The van der Waals surface area contributed by atoms with Crippen LogP contribution in [0.4, 0.5) is 5.69 Å². The van der Waals surface area contributed by atoms with Crippen molar-refractivity contribution in [2.24, 2.45) is 0 Å². The minimum Gasteiger partial charge on any atom is -0.503 e. The number of hydrogen-bond donors (Lipinski definition) is 1. The molecule has 1 N–H and O–H groups in total. The van der Waals surface area contributed by atoms with E-state index in [4.69, 9.17) is 4.74 Å². The van der Waals surface area contributed by atoms with E-state index < -0.39 is 28.4 Å². The molecule has 2 aliphatic rings. The van der Waals surface area contributed by atoms with Crippen molar-refractivity contribution in [3.8, 4) is 0 Å². The summed E-state index contributed by atoms with van der Waals surface area (Å²) >= 11 is 0. The first-order valence-corrected chi connectivity index (χ1v) is 11.0. The number of aliphatic hydroxyl groups excluding tert-OH is 1. The van der Waals surface area contributed by atoms with Gasteiger partial charge < -0.3 is 14.7 Å². The molecule has 1 saturated heterocycles. The molecule has 2 aromatic rings. The van der Waals surface area contributed by atoms with Crippen LogP contribution in [0.3, 0.4) is 0 Å². The fraction of sp³-hybridized carbons (Fsp3) is 0.280. The number of aliphatic hydroxyl groups is 1. The van der Waals surface area contributed by atoms with Crippen LogP contribution in [-0.4, -0.2) is 70.9 Å². The molecule has 176 valence electrons. The predicted octanol–water partition coefficient (Wildman–Crippen LogP) is 2.90. The number of benzene rings is 2. The number of ketones is 1. The molecule has 0 spiro atoms. The van der Waals surface area contributed by atoms with Crippen molar-refractivity contribution >= 4 is 23.5 Å². The number of nitro groups is 1. The van der Waals surface area contributed by atoms with E-state index in [1.54, 1.807) is 12.1 Å². The Morgan fingerprint density at radius 1 is 1.12 bits per heavy atom. The molecule has 34 heavy (non-hydrogen) atoms. The Morgan fingerprint density at radius 2 is 1.85 bits per heavy atom. The number of morpholine rings is 1. The van der Waals surface area contributed by atoms with Crippen LogP contribution in [-0.2, 0) is 14.3 Å². The summed E-state index contributed by atoms with van der Waals surface area (Å²) in [6.07, 6.45) is 2.91. The quantitative estimate of drug-likeness (QED) is 0.364. The number of amides is 1. The number of ether oxygens (including phenoxy) is 1. The highest BCUT2D eigenvalue weighted by Gasteiger charge is 2.43. The summed E-state index contributed by atoms with van der Waals surface area (Å²) in [6, 6.07) is 14.1. The summed E-state index contributed by atoms with van der Waals surface area (Å²) < 4.78 is 5.36. The molecule has 1 atom stereocenters. The molecule has 2 aromatic carbocycles. The van der Waals surface area contributed by atoms with E-state index >= 15 is 0 Å². The number of nitro benzene ring substituents is 1. The largest absolute Gasteiger partial charge is 0.503 e. The second-order valence-corrected chi connectivity index (χ2v) is 8.08. The Hall–Kier alpha value is -3.82. The highest BCUT2D eigenvalue weighted by atomic mass is 16.6. The van der Waals surface area contributed by atoms with Crippen LogP contribution >= 0.6 is 0 Å². The van der Waals surface area contributed by atoms with E-state index in [2.05, 4.69) is 4.90 Å². The lowest BCUT2D eigenvalue weighted by Gasteiger charge is -2.31. The molecule has 2 aliphatic heterocycles. The molecule has 0 aromatic heterocycles. The van der Waals surface area contributed by atoms with E-state index in [-0.39, 0.29) is 17.8 Å². The maximum atomic E-state index is 13.2. The number of hydrogen-bond acceptors (Lipinski definition) is 7. The van der Waals surface area contributed by atoms with Gasteiger partial charge in [0.1, 0.15) is 0 Å². The van der Waals surface area contributed by atoms with Gasteiger partial charge in [-0.1, -0.05) is 48.5 Å². The van der Waals surface area contributed by atoms with Gasteiger partial charge in [0.15, 0.2) is 11.5 Å². The molecule has 9 heteroatoms. The van der Waals surface area contributed by atoms with E-state index in [9.17, 15) is 24.8 Å². The average molecular weight is 463 g/mol. The lowest BCUT2D eigenvalue weighted by molar-refractivity contribution is -0.384. The third-order valence-electron chi connectivity index (χ3n) is 5.95. The Labute approximate surface area is 196 Å². The van der Waals surface area contributed by atoms with Crippen molar-refractivity contribution in [2.45, 2.75) is 6.04 Å². The van der Waals surface area contributed by atoms with Crippen LogP contribution in [0.2, 0.25) is 0 Å².